The summed E-state index contributed by atoms with van der Waals surface area (Å²) in [5, 5.41) is 89.3. The third-order valence-corrected chi connectivity index (χ3v) is 5.66. The molecule has 0 aromatic carbocycles. The van der Waals surface area contributed by atoms with Crippen LogP contribution in [-0.2, 0) is 23.7 Å². The summed E-state index contributed by atoms with van der Waals surface area (Å²) in [4.78, 5) is 0. The van der Waals surface area contributed by atoms with Gasteiger partial charge in [0.25, 0.3) is 0 Å². The van der Waals surface area contributed by atoms with E-state index in [1.54, 1.807) is 0 Å². The van der Waals surface area contributed by atoms with Crippen LogP contribution in [0.3, 0.4) is 0 Å². The van der Waals surface area contributed by atoms with E-state index in [0.29, 0.717) is 0 Å². The molecule has 14 heteroatoms. The van der Waals surface area contributed by atoms with Crippen molar-refractivity contribution in [1.29, 1.82) is 0 Å². The molecule has 0 bridgehead atoms. The summed E-state index contributed by atoms with van der Waals surface area (Å²) in [6, 6.07) is 0. The lowest BCUT2D eigenvalue weighted by molar-refractivity contribution is -0.375. The minimum atomic E-state index is -1.79. The number of rotatable bonds is 5. The highest BCUT2D eigenvalue weighted by molar-refractivity contribution is 4.93. The van der Waals surface area contributed by atoms with E-state index in [9.17, 15) is 46.0 Å². The highest BCUT2D eigenvalue weighted by Gasteiger charge is 2.51. The average Bonchev–Trinajstić information content (AvgIpc) is 2.74. The molecule has 3 rings (SSSR count). The molecule has 0 aliphatic carbocycles. The van der Waals surface area contributed by atoms with Crippen molar-refractivity contribution in [2.45, 2.75) is 92.9 Å². The summed E-state index contributed by atoms with van der Waals surface area (Å²) in [6.07, 6.45) is -21.3. The molecule has 3 fully saturated rings. The van der Waals surface area contributed by atoms with Crippen molar-refractivity contribution in [3.63, 3.8) is 0 Å². The quantitative estimate of drug-likeness (QED) is 0.187. The highest BCUT2D eigenvalue weighted by Crippen LogP contribution is 2.30. The van der Waals surface area contributed by atoms with Crippen LogP contribution < -0.4 is 0 Å². The van der Waals surface area contributed by atoms with Crippen molar-refractivity contribution in [1.82, 2.24) is 0 Å². The molecule has 3 saturated heterocycles. The van der Waals surface area contributed by atoms with Gasteiger partial charge in [-0.1, -0.05) is 0 Å². The van der Waals surface area contributed by atoms with Gasteiger partial charge in [-0.05, 0) is 6.92 Å². The summed E-state index contributed by atoms with van der Waals surface area (Å²) < 4.78 is 26.8. The molecule has 14 nitrogen and oxygen atoms in total. The maximum atomic E-state index is 10.4. The van der Waals surface area contributed by atoms with Crippen LogP contribution in [0.2, 0.25) is 0 Å². The monoisotopic (exact) mass is 458 g/mol. The second-order valence-electron chi connectivity index (χ2n) is 7.87. The summed E-state index contributed by atoms with van der Waals surface area (Å²) >= 11 is 0. The Balaban J connectivity index is 1.76. The zero-order valence-corrected chi connectivity index (χ0v) is 16.6. The lowest BCUT2D eigenvalue weighted by atomic mass is 9.98. The van der Waals surface area contributed by atoms with E-state index in [1.807, 2.05) is 0 Å². The Hall–Kier alpha value is -0.560. The van der Waals surface area contributed by atoms with Crippen molar-refractivity contribution in [2.24, 2.45) is 0 Å². The van der Waals surface area contributed by atoms with Crippen LogP contribution in [0, 0.1) is 0 Å². The molecule has 182 valence electrons. The molecule has 31 heavy (non-hydrogen) atoms. The van der Waals surface area contributed by atoms with Crippen molar-refractivity contribution < 1.29 is 69.6 Å². The molecule has 3 aliphatic heterocycles. The van der Waals surface area contributed by atoms with Crippen molar-refractivity contribution in [3.8, 4) is 0 Å². The summed E-state index contributed by atoms with van der Waals surface area (Å²) in [5.41, 5.74) is 0. The first-order valence-electron chi connectivity index (χ1n) is 9.85. The molecule has 0 radical (unpaired) electrons. The molecule has 0 amide bonds. The van der Waals surface area contributed by atoms with Gasteiger partial charge in [-0.2, -0.15) is 0 Å². The molecule has 0 spiro atoms. The minimum absolute atomic E-state index is 0.385. The average molecular weight is 458 g/mol. The molecule has 0 unspecified atom stereocenters. The Morgan fingerprint density at radius 1 is 0.710 bits per heavy atom. The van der Waals surface area contributed by atoms with Gasteiger partial charge in [-0.25, -0.2) is 0 Å². The van der Waals surface area contributed by atoms with Gasteiger partial charge in [0.1, 0.15) is 61.0 Å². The van der Waals surface area contributed by atoms with Crippen molar-refractivity contribution in [3.05, 3.63) is 0 Å². The fourth-order valence-electron chi connectivity index (χ4n) is 3.73. The van der Waals surface area contributed by atoms with Gasteiger partial charge in [-0.15, -0.1) is 0 Å². The molecule has 0 aromatic rings. The van der Waals surface area contributed by atoms with Crippen LogP contribution in [0.1, 0.15) is 6.92 Å². The van der Waals surface area contributed by atoms with Crippen LogP contribution in [-0.4, -0.2) is 145 Å². The van der Waals surface area contributed by atoms with Gasteiger partial charge in [0, 0.05) is 0 Å². The smallest absolute Gasteiger partial charge is 0.187 e. The first-order chi connectivity index (χ1) is 14.6. The van der Waals surface area contributed by atoms with Crippen molar-refractivity contribution in [2.75, 3.05) is 13.2 Å². The van der Waals surface area contributed by atoms with Crippen LogP contribution in [0.15, 0.2) is 0 Å². The van der Waals surface area contributed by atoms with Gasteiger partial charge in [-0.3, -0.25) is 0 Å². The van der Waals surface area contributed by atoms with Crippen LogP contribution >= 0.6 is 0 Å². The Bertz CT molecular complexity index is 579. The Labute approximate surface area is 176 Å². The Morgan fingerprint density at radius 2 is 1.35 bits per heavy atom. The van der Waals surface area contributed by atoms with Crippen LogP contribution in [0.25, 0.3) is 0 Å². The van der Waals surface area contributed by atoms with E-state index in [-0.39, 0.29) is 6.61 Å². The maximum absolute atomic E-state index is 10.4. The topological polar surface area (TPSA) is 228 Å². The standard InChI is InChI=1S/C17H30O14/c1-4-13(10(23)11(24)15(26)28-4)30-17-14(7(20)5(19)3-27-17)31-16-12(25)9(22)8(21)6(2-18)29-16/h4-26H,2-3H2,1H3/t4-,5-,6+,7-,8-,9-,10-,11+,12+,13-,14+,15+,16+,17-/m0/s1. The number of hydrogen-bond donors (Lipinski definition) is 9. The molecule has 3 aliphatic rings. The van der Waals surface area contributed by atoms with Gasteiger partial charge < -0.3 is 69.6 Å². The lowest BCUT2D eigenvalue weighted by Gasteiger charge is -2.46. The first-order valence-corrected chi connectivity index (χ1v) is 9.85. The summed E-state index contributed by atoms with van der Waals surface area (Å²) in [5.74, 6) is 0. The maximum Gasteiger partial charge on any atom is 0.187 e. The molecule has 14 atom stereocenters. The van der Waals surface area contributed by atoms with E-state index in [0.717, 1.165) is 0 Å². The zero-order valence-electron chi connectivity index (χ0n) is 16.6. The third-order valence-electron chi connectivity index (χ3n) is 5.66. The highest BCUT2D eigenvalue weighted by atomic mass is 16.8. The second-order valence-corrected chi connectivity index (χ2v) is 7.87. The SMILES string of the molecule is C[C@@H]1O[C@@H](O)[C@H](O)[C@H](O)[C@H]1O[C@@H]1OC[C@H](O)[C@H](O)[C@H]1O[C@H]1O[C@H](CO)[C@H](O)[C@H](O)[C@H]1O. The Kier molecular flexibility index (Phi) is 8.21. The second kappa shape index (κ2) is 10.1. The molecule has 0 saturated carbocycles. The largest absolute Gasteiger partial charge is 0.394 e. The van der Waals surface area contributed by atoms with Gasteiger partial charge in [0.15, 0.2) is 18.9 Å². The van der Waals surface area contributed by atoms with E-state index < -0.39 is 92.6 Å². The van der Waals surface area contributed by atoms with Gasteiger partial charge in [0.2, 0.25) is 0 Å². The predicted octanol–water partition coefficient (Wildman–Crippen LogP) is -5.91. The van der Waals surface area contributed by atoms with Crippen molar-refractivity contribution >= 4 is 0 Å². The van der Waals surface area contributed by atoms with Gasteiger partial charge >= 0.3 is 0 Å². The number of ether oxygens (including phenoxy) is 5. The molecule has 9 N–H and O–H groups in total. The third kappa shape index (κ3) is 5.02. The fourth-order valence-corrected chi connectivity index (χ4v) is 3.73. The number of hydrogen-bond acceptors (Lipinski definition) is 14. The molecular weight excluding hydrogens is 428 g/mol. The van der Waals surface area contributed by atoms with Gasteiger partial charge in [0.05, 0.1) is 19.3 Å². The lowest BCUT2D eigenvalue weighted by Crippen LogP contribution is -2.64. The van der Waals surface area contributed by atoms with Crippen LogP contribution in [0.5, 0.6) is 0 Å². The van der Waals surface area contributed by atoms with E-state index in [1.165, 1.54) is 6.92 Å². The fraction of sp³-hybridized carbons (Fsp3) is 1.00. The number of aliphatic hydroxyl groups is 9. The molecule has 3 heterocycles. The van der Waals surface area contributed by atoms with E-state index >= 15 is 0 Å². The molecular formula is C17H30O14. The summed E-state index contributed by atoms with van der Waals surface area (Å²) in [7, 11) is 0. The van der Waals surface area contributed by atoms with Crippen LogP contribution in [0.4, 0.5) is 0 Å². The minimum Gasteiger partial charge on any atom is -0.394 e. The normalized spacial score (nSPS) is 54.0. The van der Waals surface area contributed by atoms with E-state index in [2.05, 4.69) is 0 Å². The summed E-state index contributed by atoms with van der Waals surface area (Å²) in [6.45, 7) is 0.356. The molecule has 0 aromatic heterocycles. The van der Waals surface area contributed by atoms with E-state index in [4.69, 9.17) is 23.7 Å². The Morgan fingerprint density at radius 3 is 2.00 bits per heavy atom. The first kappa shape index (κ1) is 25.1. The predicted molar refractivity (Wildman–Crippen MR) is 93.8 cm³/mol. The number of aliphatic hydroxyl groups excluding tert-OH is 9. The zero-order chi connectivity index (χ0) is 23.0.